The van der Waals surface area contributed by atoms with Crippen LogP contribution in [-0.4, -0.2) is 26.0 Å². The molecule has 1 aromatic carbocycles. The van der Waals surface area contributed by atoms with Crippen molar-refractivity contribution >= 4 is 11.6 Å². The molecule has 0 spiro atoms. The zero-order valence-corrected chi connectivity index (χ0v) is 11.4. The number of hydrogen-bond acceptors (Lipinski definition) is 3. The minimum absolute atomic E-state index is 0.0243. The summed E-state index contributed by atoms with van der Waals surface area (Å²) in [6, 6.07) is 3.39. The molecule has 1 rings (SSSR count). The summed E-state index contributed by atoms with van der Waals surface area (Å²) >= 11 is 0. The summed E-state index contributed by atoms with van der Waals surface area (Å²) in [5.74, 6) is -0.213. The molecule has 0 radical (unpaired) electrons. The summed E-state index contributed by atoms with van der Waals surface area (Å²) < 4.78 is 38.0. The number of amides is 1. The molecule has 1 aromatic rings. The summed E-state index contributed by atoms with van der Waals surface area (Å²) in [5.41, 5.74) is 5.70. The van der Waals surface area contributed by atoms with E-state index in [2.05, 4.69) is 5.32 Å². The van der Waals surface area contributed by atoms with Gasteiger partial charge in [-0.15, -0.1) is 0 Å². The number of halogens is 3. The Morgan fingerprint density at radius 2 is 2.05 bits per heavy atom. The Labute approximate surface area is 115 Å². The molecule has 0 fully saturated rings. The van der Waals surface area contributed by atoms with E-state index in [1.165, 1.54) is 13.1 Å². The largest absolute Gasteiger partial charge is 0.416 e. The maximum atomic E-state index is 12.7. The summed E-state index contributed by atoms with van der Waals surface area (Å²) in [6.07, 6.45) is -4.40. The van der Waals surface area contributed by atoms with Crippen molar-refractivity contribution in [3.63, 3.8) is 0 Å². The minimum Gasteiger partial charge on any atom is -0.362 e. The summed E-state index contributed by atoms with van der Waals surface area (Å²) in [7, 11) is 1.51. The highest BCUT2D eigenvalue weighted by atomic mass is 19.4. The molecule has 0 bridgehead atoms. The third-order valence-electron chi connectivity index (χ3n) is 2.96. The van der Waals surface area contributed by atoms with Gasteiger partial charge in [0.25, 0.3) is 0 Å². The van der Waals surface area contributed by atoms with E-state index in [1.807, 2.05) is 6.92 Å². The van der Waals surface area contributed by atoms with E-state index in [0.29, 0.717) is 17.8 Å². The van der Waals surface area contributed by atoms with Gasteiger partial charge >= 0.3 is 6.18 Å². The standard InChI is InChI=1S/C13H18F3N3O/c1-3-19(8-12(20)18-2)11-5-4-10(13(14,15)16)6-9(11)7-17/h4-6H,3,7-8,17H2,1-2H3,(H,18,20). The Kier molecular flexibility index (Phi) is 5.38. The lowest BCUT2D eigenvalue weighted by Gasteiger charge is -2.25. The van der Waals surface area contributed by atoms with Gasteiger partial charge in [-0.1, -0.05) is 0 Å². The molecule has 0 unspecified atom stereocenters. The fourth-order valence-corrected chi connectivity index (χ4v) is 1.85. The van der Waals surface area contributed by atoms with Gasteiger partial charge in [0.05, 0.1) is 12.1 Å². The Morgan fingerprint density at radius 3 is 2.50 bits per heavy atom. The molecule has 3 N–H and O–H groups in total. The molecular formula is C13H18F3N3O. The maximum Gasteiger partial charge on any atom is 0.416 e. The van der Waals surface area contributed by atoms with Crippen LogP contribution in [-0.2, 0) is 17.5 Å². The maximum absolute atomic E-state index is 12.7. The van der Waals surface area contributed by atoms with Crippen LogP contribution in [0.15, 0.2) is 18.2 Å². The van der Waals surface area contributed by atoms with Gasteiger partial charge in [0.2, 0.25) is 5.91 Å². The summed E-state index contributed by atoms with van der Waals surface area (Å²) in [4.78, 5) is 13.1. The number of benzene rings is 1. The van der Waals surface area contributed by atoms with E-state index in [1.54, 1.807) is 4.90 Å². The third kappa shape index (κ3) is 3.86. The van der Waals surface area contributed by atoms with Gasteiger partial charge in [0, 0.05) is 25.8 Å². The fraction of sp³-hybridized carbons (Fsp3) is 0.462. The number of likely N-dealkylation sites (N-methyl/N-ethyl adjacent to an activating group) is 2. The van der Waals surface area contributed by atoms with Crippen molar-refractivity contribution in [3.8, 4) is 0 Å². The lowest BCUT2D eigenvalue weighted by Crippen LogP contribution is -2.36. The molecule has 7 heteroatoms. The predicted molar refractivity (Wildman–Crippen MR) is 71.3 cm³/mol. The van der Waals surface area contributed by atoms with Crippen molar-refractivity contribution in [2.75, 3.05) is 25.0 Å². The smallest absolute Gasteiger partial charge is 0.362 e. The average Bonchev–Trinajstić information content (AvgIpc) is 2.42. The van der Waals surface area contributed by atoms with Gasteiger partial charge in [-0.25, -0.2) is 0 Å². The molecule has 0 heterocycles. The van der Waals surface area contributed by atoms with E-state index in [0.717, 1.165) is 12.1 Å². The molecule has 0 saturated heterocycles. The number of nitrogens with zero attached hydrogens (tertiary/aromatic N) is 1. The topological polar surface area (TPSA) is 58.4 Å². The lowest BCUT2D eigenvalue weighted by atomic mass is 10.1. The monoisotopic (exact) mass is 289 g/mol. The average molecular weight is 289 g/mol. The molecule has 0 aliphatic heterocycles. The van der Waals surface area contributed by atoms with Crippen molar-refractivity contribution < 1.29 is 18.0 Å². The minimum atomic E-state index is -4.40. The van der Waals surface area contributed by atoms with Crippen molar-refractivity contribution in [1.82, 2.24) is 5.32 Å². The number of nitrogens with two attached hydrogens (primary N) is 1. The zero-order chi connectivity index (χ0) is 15.3. The first-order chi connectivity index (χ1) is 9.33. The number of alkyl halides is 3. The normalized spacial score (nSPS) is 11.3. The second-order valence-electron chi connectivity index (χ2n) is 4.23. The van der Waals surface area contributed by atoms with Crippen molar-refractivity contribution in [2.24, 2.45) is 5.73 Å². The molecule has 0 saturated carbocycles. The Morgan fingerprint density at radius 1 is 1.40 bits per heavy atom. The molecule has 0 aliphatic carbocycles. The predicted octanol–water partition coefficient (Wildman–Crippen LogP) is 1.74. The number of nitrogens with one attached hydrogen (secondary N) is 1. The van der Waals surface area contributed by atoms with Crippen LogP contribution >= 0.6 is 0 Å². The highest BCUT2D eigenvalue weighted by Gasteiger charge is 2.31. The van der Waals surface area contributed by atoms with Crippen LogP contribution in [0, 0.1) is 0 Å². The Bertz CT molecular complexity index is 474. The Hall–Kier alpha value is -1.76. The number of anilines is 1. The van der Waals surface area contributed by atoms with Crippen LogP contribution in [0.2, 0.25) is 0 Å². The first kappa shape index (κ1) is 16.3. The third-order valence-corrected chi connectivity index (χ3v) is 2.96. The quantitative estimate of drug-likeness (QED) is 0.868. The number of rotatable bonds is 5. The van der Waals surface area contributed by atoms with E-state index >= 15 is 0 Å². The summed E-state index contributed by atoms with van der Waals surface area (Å²) in [6.45, 7) is 2.36. The number of carbonyl (C=O) groups excluding carboxylic acids is 1. The van der Waals surface area contributed by atoms with Crippen LogP contribution in [0.1, 0.15) is 18.1 Å². The van der Waals surface area contributed by atoms with E-state index in [4.69, 9.17) is 5.73 Å². The second-order valence-corrected chi connectivity index (χ2v) is 4.23. The van der Waals surface area contributed by atoms with Crippen LogP contribution in [0.25, 0.3) is 0 Å². The van der Waals surface area contributed by atoms with Gasteiger partial charge < -0.3 is 16.0 Å². The molecule has 1 amide bonds. The second kappa shape index (κ2) is 6.60. The van der Waals surface area contributed by atoms with Gasteiger partial charge in [-0.05, 0) is 30.7 Å². The Balaban J connectivity index is 3.13. The molecule has 20 heavy (non-hydrogen) atoms. The zero-order valence-electron chi connectivity index (χ0n) is 11.4. The fourth-order valence-electron chi connectivity index (χ4n) is 1.85. The highest BCUT2D eigenvalue weighted by Crippen LogP contribution is 2.32. The molecular weight excluding hydrogens is 271 g/mol. The molecule has 0 aliphatic rings. The first-order valence-electron chi connectivity index (χ1n) is 6.19. The van der Waals surface area contributed by atoms with Crippen LogP contribution < -0.4 is 16.0 Å². The van der Waals surface area contributed by atoms with Crippen LogP contribution in [0.3, 0.4) is 0 Å². The first-order valence-corrected chi connectivity index (χ1v) is 6.19. The van der Waals surface area contributed by atoms with Crippen molar-refractivity contribution in [1.29, 1.82) is 0 Å². The van der Waals surface area contributed by atoms with Crippen molar-refractivity contribution in [2.45, 2.75) is 19.6 Å². The van der Waals surface area contributed by atoms with Crippen molar-refractivity contribution in [3.05, 3.63) is 29.3 Å². The molecule has 0 aromatic heterocycles. The highest BCUT2D eigenvalue weighted by molar-refractivity contribution is 5.81. The lowest BCUT2D eigenvalue weighted by molar-refractivity contribution is -0.137. The number of hydrogen-bond donors (Lipinski definition) is 2. The van der Waals surface area contributed by atoms with Gasteiger partial charge in [-0.2, -0.15) is 13.2 Å². The van der Waals surface area contributed by atoms with Crippen LogP contribution in [0.5, 0.6) is 0 Å². The SMILES string of the molecule is CCN(CC(=O)NC)c1ccc(C(F)(F)F)cc1CN. The van der Waals surface area contributed by atoms with Crippen LogP contribution in [0.4, 0.5) is 18.9 Å². The van der Waals surface area contributed by atoms with Gasteiger partial charge in [0.1, 0.15) is 0 Å². The van der Waals surface area contributed by atoms with Gasteiger partial charge in [-0.3, -0.25) is 4.79 Å². The molecule has 4 nitrogen and oxygen atoms in total. The number of carbonyl (C=O) groups is 1. The summed E-state index contributed by atoms with van der Waals surface area (Å²) in [5, 5.41) is 2.48. The molecule has 0 atom stereocenters. The van der Waals surface area contributed by atoms with E-state index < -0.39 is 11.7 Å². The van der Waals surface area contributed by atoms with Gasteiger partial charge in [0.15, 0.2) is 0 Å². The van der Waals surface area contributed by atoms with E-state index in [9.17, 15) is 18.0 Å². The van der Waals surface area contributed by atoms with E-state index in [-0.39, 0.29) is 19.0 Å². The molecule has 112 valence electrons.